The first-order valence-electron chi connectivity index (χ1n) is 7.28. The van der Waals surface area contributed by atoms with E-state index in [1.807, 2.05) is 6.92 Å². The summed E-state index contributed by atoms with van der Waals surface area (Å²) in [6, 6.07) is -0.402. The minimum atomic E-state index is -0.427. The molecule has 5 heteroatoms. The van der Waals surface area contributed by atoms with Gasteiger partial charge in [-0.15, -0.1) is 12.3 Å². The summed E-state index contributed by atoms with van der Waals surface area (Å²) < 4.78 is 11.3. The summed E-state index contributed by atoms with van der Waals surface area (Å²) in [7, 11) is 0. The molecule has 1 saturated carbocycles. The minimum Gasteiger partial charge on any atom is -0.367 e. The quantitative estimate of drug-likeness (QED) is 0.837. The van der Waals surface area contributed by atoms with Gasteiger partial charge in [-0.1, -0.05) is 18.5 Å². The van der Waals surface area contributed by atoms with Crippen molar-refractivity contribution in [2.24, 2.45) is 11.7 Å². The average Bonchev–Trinajstić information content (AvgIpc) is 2.89. The van der Waals surface area contributed by atoms with Gasteiger partial charge in [0.1, 0.15) is 5.60 Å². The Hall–Kier alpha value is -1.38. The summed E-state index contributed by atoms with van der Waals surface area (Å²) in [5.74, 6) is 4.12. The summed E-state index contributed by atoms with van der Waals surface area (Å²) in [5.41, 5.74) is 5.49. The summed E-state index contributed by atoms with van der Waals surface area (Å²) in [5, 5.41) is 4.11. The lowest BCUT2D eigenvalue weighted by molar-refractivity contribution is -0.0891. The Morgan fingerprint density at radius 1 is 1.65 bits per heavy atom. The molecule has 2 N–H and O–H groups in total. The van der Waals surface area contributed by atoms with Crippen LogP contribution in [0.2, 0.25) is 0 Å². The van der Waals surface area contributed by atoms with Crippen LogP contribution < -0.4 is 5.73 Å². The van der Waals surface area contributed by atoms with E-state index in [4.69, 9.17) is 21.4 Å². The van der Waals surface area contributed by atoms with Crippen LogP contribution in [0.1, 0.15) is 63.7 Å². The third-order valence-corrected chi connectivity index (χ3v) is 3.88. The fourth-order valence-electron chi connectivity index (χ4n) is 2.96. The molecule has 1 aliphatic carbocycles. The molecule has 1 heterocycles. The third kappa shape index (κ3) is 3.02. The van der Waals surface area contributed by atoms with Crippen molar-refractivity contribution in [3.05, 3.63) is 11.7 Å². The molecule has 20 heavy (non-hydrogen) atoms. The van der Waals surface area contributed by atoms with Gasteiger partial charge >= 0.3 is 0 Å². The number of nitrogens with two attached hydrogens (primary N) is 1. The van der Waals surface area contributed by atoms with E-state index in [1.165, 1.54) is 6.42 Å². The van der Waals surface area contributed by atoms with Crippen molar-refractivity contribution in [2.75, 3.05) is 6.61 Å². The Labute approximate surface area is 120 Å². The average molecular weight is 277 g/mol. The second kappa shape index (κ2) is 6.38. The predicted molar refractivity (Wildman–Crippen MR) is 75.6 cm³/mol. The Balaban J connectivity index is 2.24. The molecular formula is C15H23N3O2. The van der Waals surface area contributed by atoms with Gasteiger partial charge in [0, 0.05) is 13.0 Å². The van der Waals surface area contributed by atoms with Gasteiger partial charge in [-0.3, -0.25) is 0 Å². The van der Waals surface area contributed by atoms with Crippen LogP contribution in [0.3, 0.4) is 0 Å². The lowest BCUT2D eigenvalue weighted by atomic mass is 9.78. The number of hydrogen-bond donors (Lipinski definition) is 1. The minimum absolute atomic E-state index is 0.389. The largest absolute Gasteiger partial charge is 0.367 e. The van der Waals surface area contributed by atoms with Gasteiger partial charge in [0.15, 0.2) is 0 Å². The van der Waals surface area contributed by atoms with E-state index >= 15 is 0 Å². The maximum Gasteiger partial charge on any atom is 0.244 e. The molecule has 5 nitrogen and oxygen atoms in total. The molecule has 110 valence electrons. The van der Waals surface area contributed by atoms with Gasteiger partial charge in [-0.05, 0) is 32.1 Å². The Morgan fingerprint density at radius 3 is 3.10 bits per heavy atom. The standard InChI is InChI=1S/C15H23N3O2/c1-4-7-12(16)13-17-14(18-20-13)15(19-5-2)9-6-8-11(3)10-15/h1,11-12H,5-10,16H2,2-3H3. The Kier molecular flexibility index (Phi) is 4.79. The van der Waals surface area contributed by atoms with E-state index in [0.717, 1.165) is 19.3 Å². The molecule has 2 rings (SSSR count). The zero-order valence-corrected chi connectivity index (χ0v) is 12.3. The first-order chi connectivity index (χ1) is 9.61. The van der Waals surface area contributed by atoms with Gasteiger partial charge < -0.3 is 15.0 Å². The summed E-state index contributed by atoms with van der Waals surface area (Å²) in [6.45, 7) is 4.86. The van der Waals surface area contributed by atoms with Gasteiger partial charge in [0.05, 0.1) is 6.04 Å². The van der Waals surface area contributed by atoms with Gasteiger partial charge in [0.25, 0.3) is 0 Å². The van der Waals surface area contributed by atoms with Crippen LogP contribution >= 0.6 is 0 Å². The highest BCUT2D eigenvalue weighted by Crippen LogP contribution is 2.41. The van der Waals surface area contributed by atoms with Crippen molar-refractivity contribution in [2.45, 2.75) is 57.6 Å². The molecule has 0 aromatic carbocycles. The van der Waals surface area contributed by atoms with E-state index in [9.17, 15) is 0 Å². The Bertz CT molecular complexity index is 476. The molecule has 3 atom stereocenters. The van der Waals surface area contributed by atoms with Crippen LogP contribution in [0.15, 0.2) is 4.52 Å². The highest BCUT2D eigenvalue weighted by atomic mass is 16.5. The van der Waals surface area contributed by atoms with Gasteiger partial charge in [0.2, 0.25) is 11.7 Å². The third-order valence-electron chi connectivity index (χ3n) is 3.88. The van der Waals surface area contributed by atoms with E-state index in [2.05, 4.69) is 23.0 Å². The molecule has 1 fully saturated rings. The van der Waals surface area contributed by atoms with Gasteiger partial charge in [-0.2, -0.15) is 4.98 Å². The second-order valence-corrected chi connectivity index (χ2v) is 5.60. The molecule has 0 aliphatic heterocycles. The molecule has 0 amide bonds. The highest BCUT2D eigenvalue weighted by molar-refractivity contribution is 5.06. The maximum atomic E-state index is 6.01. The fraction of sp³-hybridized carbons (Fsp3) is 0.733. The van der Waals surface area contributed by atoms with Crippen LogP contribution in [-0.4, -0.2) is 16.7 Å². The van der Waals surface area contributed by atoms with Crippen molar-refractivity contribution >= 4 is 0 Å². The SMILES string of the molecule is C#CCC(N)c1nc(C2(OCC)CCCC(C)C2)no1. The first-order valence-corrected chi connectivity index (χ1v) is 7.28. The molecule has 3 unspecified atom stereocenters. The monoisotopic (exact) mass is 277 g/mol. The predicted octanol–water partition coefficient (Wildman–Crippen LogP) is 2.53. The highest BCUT2D eigenvalue weighted by Gasteiger charge is 2.41. The molecule has 0 spiro atoms. The van der Waals surface area contributed by atoms with Crippen LogP contribution in [0.25, 0.3) is 0 Å². The van der Waals surface area contributed by atoms with E-state index < -0.39 is 11.6 Å². The molecule has 0 radical (unpaired) electrons. The summed E-state index contributed by atoms with van der Waals surface area (Å²) in [6.07, 6.45) is 9.83. The lowest BCUT2D eigenvalue weighted by Gasteiger charge is -2.37. The molecule has 1 aromatic rings. The van der Waals surface area contributed by atoms with Crippen LogP contribution in [0, 0.1) is 18.3 Å². The van der Waals surface area contributed by atoms with Crippen LogP contribution in [-0.2, 0) is 10.3 Å². The van der Waals surface area contributed by atoms with Gasteiger partial charge in [-0.25, -0.2) is 0 Å². The molecule has 0 saturated heterocycles. The molecule has 1 aromatic heterocycles. The maximum absolute atomic E-state index is 6.01. The normalized spacial score (nSPS) is 28.0. The van der Waals surface area contributed by atoms with Crippen molar-refractivity contribution in [3.8, 4) is 12.3 Å². The Morgan fingerprint density at radius 2 is 2.45 bits per heavy atom. The van der Waals surface area contributed by atoms with Crippen LogP contribution in [0.5, 0.6) is 0 Å². The topological polar surface area (TPSA) is 74.2 Å². The fourth-order valence-corrected chi connectivity index (χ4v) is 2.96. The number of hydrogen-bond acceptors (Lipinski definition) is 5. The number of terminal acetylenes is 1. The molecular weight excluding hydrogens is 254 g/mol. The van der Waals surface area contributed by atoms with E-state index in [0.29, 0.717) is 30.7 Å². The van der Waals surface area contributed by atoms with Crippen molar-refractivity contribution in [1.82, 2.24) is 10.1 Å². The lowest BCUT2D eigenvalue weighted by Crippen LogP contribution is -2.36. The number of aromatic nitrogens is 2. The molecule has 1 aliphatic rings. The number of ether oxygens (including phenoxy) is 1. The zero-order chi connectivity index (χ0) is 14.6. The second-order valence-electron chi connectivity index (χ2n) is 5.60. The summed E-state index contributed by atoms with van der Waals surface area (Å²) in [4.78, 5) is 4.45. The number of rotatable bonds is 5. The zero-order valence-electron chi connectivity index (χ0n) is 12.3. The van der Waals surface area contributed by atoms with Crippen molar-refractivity contribution in [1.29, 1.82) is 0 Å². The van der Waals surface area contributed by atoms with E-state index in [1.54, 1.807) is 0 Å². The smallest absolute Gasteiger partial charge is 0.244 e. The van der Waals surface area contributed by atoms with E-state index in [-0.39, 0.29) is 0 Å². The van der Waals surface area contributed by atoms with Crippen LogP contribution in [0.4, 0.5) is 0 Å². The molecule has 0 bridgehead atoms. The van der Waals surface area contributed by atoms with Crippen molar-refractivity contribution in [3.63, 3.8) is 0 Å². The summed E-state index contributed by atoms with van der Waals surface area (Å²) >= 11 is 0. The first kappa shape index (κ1) is 15.0. The number of nitrogens with zero attached hydrogens (tertiary/aromatic N) is 2. The van der Waals surface area contributed by atoms with Crippen molar-refractivity contribution < 1.29 is 9.26 Å².